The predicted octanol–water partition coefficient (Wildman–Crippen LogP) is 6.44. The van der Waals surface area contributed by atoms with Crippen molar-refractivity contribution >= 4 is 29.3 Å². The Labute approximate surface area is 235 Å². The van der Waals surface area contributed by atoms with Crippen LogP contribution in [0.2, 0.25) is 0 Å². The van der Waals surface area contributed by atoms with Gasteiger partial charge in [-0.25, -0.2) is 0 Å². The van der Waals surface area contributed by atoms with Gasteiger partial charge in [-0.05, 0) is 42.7 Å². The largest absolute Gasteiger partial charge is 0.359 e. The van der Waals surface area contributed by atoms with Crippen LogP contribution in [-0.2, 0) is 19.1 Å². The highest BCUT2D eigenvalue weighted by Gasteiger charge is 2.32. The Bertz CT molecular complexity index is 1160. The second-order valence-corrected chi connectivity index (χ2v) is 10.7. The highest BCUT2D eigenvalue weighted by molar-refractivity contribution is 7.99. The number of amides is 2. The Hall–Kier alpha value is -3.20. The average Bonchev–Trinajstić information content (AvgIpc) is 2.99. The first-order chi connectivity index (χ1) is 19.1. The Morgan fingerprint density at radius 3 is 2.23 bits per heavy atom. The molecule has 8 heteroatoms. The van der Waals surface area contributed by atoms with Gasteiger partial charge in [-0.2, -0.15) is 0 Å². The third kappa shape index (κ3) is 9.49. The van der Waals surface area contributed by atoms with E-state index in [0.29, 0.717) is 12.8 Å². The number of ether oxygens (including phenoxy) is 2. The third-order valence-corrected chi connectivity index (χ3v) is 7.78. The average molecular weight is 548 g/mol. The minimum absolute atomic E-state index is 0.00319. The van der Waals surface area contributed by atoms with E-state index in [-0.39, 0.29) is 24.0 Å². The number of rotatable bonds is 13. The number of carbonyl (C=O) groups is 2. The normalized spacial score (nSPS) is 18.8. The molecule has 1 saturated heterocycles. The maximum absolute atomic E-state index is 12.4. The summed E-state index contributed by atoms with van der Waals surface area (Å²) in [6.45, 7) is 0. The maximum atomic E-state index is 12.4. The number of anilines is 1. The molecule has 1 aromatic heterocycles. The first-order valence-corrected chi connectivity index (χ1v) is 14.6. The van der Waals surface area contributed by atoms with Gasteiger partial charge in [0.25, 0.3) is 0 Å². The van der Waals surface area contributed by atoms with E-state index in [1.54, 1.807) is 31.2 Å². The molecule has 1 unspecified atom stereocenters. The van der Waals surface area contributed by atoms with Crippen LogP contribution in [0.3, 0.4) is 0 Å². The summed E-state index contributed by atoms with van der Waals surface area (Å²) >= 11 is 1.76. The molecule has 2 aromatic carbocycles. The van der Waals surface area contributed by atoms with Crippen molar-refractivity contribution in [3.63, 3.8) is 0 Å². The van der Waals surface area contributed by atoms with Gasteiger partial charge >= 0.3 is 0 Å². The molecular formula is C31H37N3O4S. The van der Waals surface area contributed by atoms with Crippen LogP contribution in [0, 0.1) is 0 Å². The molecule has 0 radical (unpaired) electrons. The molecule has 2 N–H and O–H groups in total. The number of hydrogen-bond acceptors (Lipinski definition) is 6. The molecule has 3 atom stereocenters. The number of aromatic nitrogens is 1. The predicted molar refractivity (Wildman–Crippen MR) is 154 cm³/mol. The molecule has 0 bridgehead atoms. The van der Waals surface area contributed by atoms with Gasteiger partial charge in [0.1, 0.15) is 0 Å². The molecule has 7 nitrogen and oxygen atoms in total. The zero-order valence-corrected chi connectivity index (χ0v) is 23.2. The highest BCUT2D eigenvalue weighted by Crippen LogP contribution is 2.39. The standard InChI is InChI=1S/C31H37N3O4S/c1-32-29(35)11-7-2-3-8-12-30(36)34-25-15-13-24(14-16-25)31-37-26(22-39-27-17-19-33-20-18-27)21-28(38-31)23-9-5-4-6-10-23/h4-6,9-10,13-20,26,28,31H,2-3,7-8,11-12,21-22H2,1H3,(H,32,35)(H,34,36)/t26-,28+,31?/m0/s1. The Morgan fingerprint density at radius 1 is 0.846 bits per heavy atom. The van der Waals surface area contributed by atoms with E-state index in [9.17, 15) is 9.59 Å². The maximum Gasteiger partial charge on any atom is 0.224 e. The van der Waals surface area contributed by atoms with Gasteiger partial charge in [0.05, 0.1) is 12.2 Å². The summed E-state index contributed by atoms with van der Waals surface area (Å²) in [7, 11) is 1.65. The van der Waals surface area contributed by atoms with Crippen LogP contribution in [0.25, 0.3) is 0 Å². The zero-order chi connectivity index (χ0) is 27.3. The SMILES string of the molecule is CNC(=O)CCCCCCC(=O)Nc1ccc(C2O[C@H](CSc3ccncc3)C[C@H](c3ccccc3)O2)cc1. The van der Waals surface area contributed by atoms with Gasteiger partial charge in [0, 0.05) is 60.6 Å². The lowest BCUT2D eigenvalue weighted by Crippen LogP contribution is -2.31. The van der Waals surface area contributed by atoms with Crippen molar-refractivity contribution in [1.82, 2.24) is 10.3 Å². The van der Waals surface area contributed by atoms with Crippen molar-refractivity contribution in [2.75, 3.05) is 18.1 Å². The van der Waals surface area contributed by atoms with E-state index in [0.717, 1.165) is 59.6 Å². The number of carbonyl (C=O) groups excluding carboxylic acids is 2. The van der Waals surface area contributed by atoms with E-state index in [2.05, 4.69) is 27.8 Å². The molecule has 1 aliphatic rings. The number of hydrogen-bond donors (Lipinski definition) is 2. The number of nitrogens with zero attached hydrogens (tertiary/aromatic N) is 1. The number of pyridine rings is 1. The second kappa shape index (κ2) is 15.4. The zero-order valence-electron chi connectivity index (χ0n) is 22.4. The summed E-state index contributed by atoms with van der Waals surface area (Å²) in [5, 5.41) is 5.61. The Balaban J connectivity index is 1.30. The first-order valence-electron chi connectivity index (χ1n) is 13.6. The van der Waals surface area contributed by atoms with E-state index in [1.165, 1.54) is 0 Å². The fraction of sp³-hybridized carbons (Fsp3) is 0.387. The summed E-state index contributed by atoms with van der Waals surface area (Å²) in [6, 6.07) is 22.0. The van der Waals surface area contributed by atoms with Crippen LogP contribution in [0.1, 0.15) is 68.5 Å². The summed E-state index contributed by atoms with van der Waals surface area (Å²) in [6.07, 6.45) is 8.38. The van der Waals surface area contributed by atoms with Gasteiger partial charge in [0.15, 0.2) is 6.29 Å². The fourth-order valence-corrected chi connectivity index (χ4v) is 5.38. The van der Waals surface area contributed by atoms with Crippen LogP contribution < -0.4 is 10.6 Å². The number of benzene rings is 2. The summed E-state index contributed by atoms with van der Waals surface area (Å²) in [4.78, 5) is 28.9. The minimum atomic E-state index is -0.494. The summed E-state index contributed by atoms with van der Waals surface area (Å²) in [5.74, 6) is 0.874. The van der Waals surface area contributed by atoms with Crippen LogP contribution in [-0.4, -0.2) is 35.7 Å². The number of unbranched alkanes of at least 4 members (excludes halogenated alkanes) is 3. The molecule has 3 aromatic rings. The van der Waals surface area contributed by atoms with Crippen molar-refractivity contribution in [1.29, 1.82) is 0 Å². The topological polar surface area (TPSA) is 89.6 Å². The van der Waals surface area contributed by atoms with Gasteiger partial charge in [-0.3, -0.25) is 14.6 Å². The molecule has 39 heavy (non-hydrogen) atoms. The van der Waals surface area contributed by atoms with Crippen molar-refractivity contribution in [3.8, 4) is 0 Å². The van der Waals surface area contributed by atoms with Crippen LogP contribution in [0.4, 0.5) is 5.69 Å². The molecule has 1 aliphatic heterocycles. The van der Waals surface area contributed by atoms with Crippen molar-refractivity contribution in [3.05, 3.63) is 90.3 Å². The molecule has 2 amide bonds. The molecular weight excluding hydrogens is 510 g/mol. The second-order valence-electron chi connectivity index (χ2n) is 9.61. The van der Waals surface area contributed by atoms with Gasteiger partial charge in [-0.1, -0.05) is 55.3 Å². The molecule has 1 fully saturated rings. The van der Waals surface area contributed by atoms with Gasteiger partial charge in [0.2, 0.25) is 11.8 Å². The number of thioether (sulfide) groups is 1. The lowest BCUT2D eigenvalue weighted by atomic mass is 10.0. The van der Waals surface area contributed by atoms with Crippen LogP contribution in [0.5, 0.6) is 0 Å². The highest BCUT2D eigenvalue weighted by atomic mass is 32.2. The molecule has 206 valence electrons. The van der Waals surface area contributed by atoms with Crippen molar-refractivity contribution in [2.24, 2.45) is 0 Å². The first kappa shape index (κ1) is 28.8. The molecule has 0 spiro atoms. The molecule has 4 rings (SSSR count). The lowest BCUT2D eigenvalue weighted by molar-refractivity contribution is -0.245. The van der Waals surface area contributed by atoms with Crippen LogP contribution >= 0.6 is 11.8 Å². The summed E-state index contributed by atoms with van der Waals surface area (Å²) in [5.41, 5.74) is 2.81. The monoisotopic (exact) mass is 547 g/mol. The lowest BCUT2D eigenvalue weighted by Gasteiger charge is -2.36. The van der Waals surface area contributed by atoms with Crippen molar-refractivity contribution < 1.29 is 19.1 Å². The van der Waals surface area contributed by atoms with E-state index >= 15 is 0 Å². The Morgan fingerprint density at radius 2 is 1.54 bits per heavy atom. The summed E-state index contributed by atoms with van der Waals surface area (Å²) < 4.78 is 12.8. The minimum Gasteiger partial charge on any atom is -0.359 e. The fourth-order valence-electron chi connectivity index (χ4n) is 4.47. The van der Waals surface area contributed by atoms with Gasteiger partial charge in [-0.15, -0.1) is 11.8 Å². The van der Waals surface area contributed by atoms with Crippen LogP contribution in [0.15, 0.2) is 84.0 Å². The quantitative estimate of drug-likeness (QED) is 0.189. The molecule has 2 heterocycles. The number of nitrogens with one attached hydrogen (secondary N) is 2. The molecule has 0 aliphatic carbocycles. The molecule has 0 saturated carbocycles. The van der Waals surface area contributed by atoms with E-state index in [1.807, 2.05) is 54.6 Å². The smallest absolute Gasteiger partial charge is 0.224 e. The third-order valence-electron chi connectivity index (χ3n) is 6.64. The van der Waals surface area contributed by atoms with Gasteiger partial charge < -0.3 is 20.1 Å². The van der Waals surface area contributed by atoms with E-state index < -0.39 is 6.29 Å². The van der Waals surface area contributed by atoms with E-state index in [4.69, 9.17) is 9.47 Å². The Kier molecular flexibility index (Phi) is 11.4. The van der Waals surface area contributed by atoms with Crippen molar-refractivity contribution in [2.45, 2.75) is 68.3 Å².